The van der Waals surface area contributed by atoms with Gasteiger partial charge in [-0.1, -0.05) is 0 Å². The molecule has 6 heteroatoms. The number of methoxy groups -OCH3 is 1. The molecule has 0 aliphatic rings. The molecule has 0 saturated heterocycles. The third kappa shape index (κ3) is 4.72. The van der Waals surface area contributed by atoms with Crippen LogP contribution >= 0.6 is 11.8 Å². The fourth-order valence-corrected chi connectivity index (χ4v) is 2.27. The quantitative estimate of drug-likeness (QED) is 0.836. The molecule has 2 N–H and O–H groups in total. The Morgan fingerprint density at radius 2 is 2.26 bits per heavy atom. The maximum Gasteiger partial charge on any atom is 0.251 e. The third-order valence-electron chi connectivity index (χ3n) is 2.50. The molecule has 1 aromatic rings. The second-order valence-electron chi connectivity index (χ2n) is 4.46. The molecule has 0 unspecified atom stereocenters. The summed E-state index contributed by atoms with van der Waals surface area (Å²) in [5.74, 6) is -0.426. The van der Waals surface area contributed by atoms with Gasteiger partial charge in [0.15, 0.2) is 11.6 Å². The van der Waals surface area contributed by atoms with Gasteiger partial charge < -0.3 is 15.2 Å². The zero-order chi connectivity index (χ0) is 14.5. The van der Waals surface area contributed by atoms with Gasteiger partial charge in [-0.2, -0.15) is 11.8 Å². The minimum Gasteiger partial charge on any atom is -0.494 e. The average molecular weight is 287 g/mol. The van der Waals surface area contributed by atoms with Crippen molar-refractivity contribution < 1.29 is 19.0 Å². The van der Waals surface area contributed by atoms with Crippen molar-refractivity contribution in [1.82, 2.24) is 5.32 Å². The molecule has 4 nitrogen and oxygen atoms in total. The molecule has 106 valence electrons. The molecular formula is C13H18FNO3S. The summed E-state index contributed by atoms with van der Waals surface area (Å²) < 4.78 is 18.2. The van der Waals surface area contributed by atoms with E-state index in [1.807, 2.05) is 6.26 Å². The Bertz CT molecular complexity index is 452. The third-order valence-corrected chi connectivity index (χ3v) is 3.41. The SMILES string of the molecule is COc1ccc(C(=O)NC[C@](C)(O)CSC)cc1F. The number of amides is 1. The molecule has 19 heavy (non-hydrogen) atoms. The molecule has 1 amide bonds. The highest BCUT2D eigenvalue weighted by atomic mass is 32.2. The van der Waals surface area contributed by atoms with Crippen LogP contribution in [0.25, 0.3) is 0 Å². The van der Waals surface area contributed by atoms with Gasteiger partial charge in [0.25, 0.3) is 5.91 Å². The number of benzene rings is 1. The van der Waals surface area contributed by atoms with E-state index in [9.17, 15) is 14.3 Å². The van der Waals surface area contributed by atoms with E-state index in [0.717, 1.165) is 6.07 Å². The van der Waals surface area contributed by atoms with E-state index in [0.29, 0.717) is 5.75 Å². The second kappa shape index (κ2) is 6.77. The lowest BCUT2D eigenvalue weighted by molar-refractivity contribution is 0.0725. The van der Waals surface area contributed by atoms with Gasteiger partial charge in [-0.25, -0.2) is 4.39 Å². The molecule has 1 rings (SSSR count). The summed E-state index contributed by atoms with van der Waals surface area (Å²) in [6, 6.07) is 3.97. The highest BCUT2D eigenvalue weighted by Crippen LogP contribution is 2.17. The molecule has 0 bridgehead atoms. The molecule has 0 aliphatic heterocycles. The predicted octanol–water partition coefficient (Wildman–Crippen LogP) is 1.68. The maximum absolute atomic E-state index is 13.4. The monoisotopic (exact) mass is 287 g/mol. The van der Waals surface area contributed by atoms with Crippen molar-refractivity contribution in [3.8, 4) is 5.75 Å². The molecule has 0 spiro atoms. The first-order chi connectivity index (χ1) is 8.89. The first kappa shape index (κ1) is 15.8. The summed E-state index contributed by atoms with van der Waals surface area (Å²) in [6.07, 6.45) is 1.87. The second-order valence-corrected chi connectivity index (χ2v) is 5.33. The molecule has 0 aliphatic carbocycles. The van der Waals surface area contributed by atoms with Crippen molar-refractivity contribution in [3.63, 3.8) is 0 Å². The molecular weight excluding hydrogens is 269 g/mol. The highest BCUT2D eigenvalue weighted by molar-refractivity contribution is 7.98. The first-order valence-corrected chi connectivity index (χ1v) is 7.12. The normalized spacial score (nSPS) is 13.7. The summed E-state index contributed by atoms with van der Waals surface area (Å²) in [7, 11) is 1.36. The molecule has 1 aromatic carbocycles. The van der Waals surface area contributed by atoms with Crippen molar-refractivity contribution >= 4 is 17.7 Å². The number of thioether (sulfide) groups is 1. The Kier molecular flexibility index (Phi) is 5.62. The summed E-state index contributed by atoms with van der Waals surface area (Å²) in [5.41, 5.74) is -0.793. The molecule has 0 fully saturated rings. The minimum absolute atomic E-state index is 0.0888. The van der Waals surface area contributed by atoms with Gasteiger partial charge in [0, 0.05) is 17.9 Å². The van der Waals surface area contributed by atoms with Gasteiger partial charge in [0.2, 0.25) is 0 Å². The van der Waals surface area contributed by atoms with Gasteiger partial charge in [0.1, 0.15) is 0 Å². The van der Waals surface area contributed by atoms with Gasteiger partial charge in [0.05, 0.1) is 12.7 Å². The van der Waals surface area contributed by atoms with Crippen molar-refractivity contribution in [2.24, 2.45) is 0 Å². The topological polar surface area (TPSA) is 58.6 Å². The molecule has 0 radical (unpaired) electrons. The van der Waals surface area contributed by atoms with E-state index >= 15 is 0 Å². The number of aliphatic hydroxyl groups is 1. The van der Waals surface area contributed by atoms with Crippen molar-refractivity contribution in [3.05, 3.63) is 29.6 Å². The number of ether oxygens (including phenoxy) is 1. The number of carbonyl (C=O) groups is 1. The average Bonchev–Trinajstić information content (AvgIpc) is 2.36. The Hall–Kier alpha value is -1.27. The lowest BCUT2D eigenvalue weighted by atomic mass is 10.1. The fourth-order valence-electron chi connectivity index (χ4n) is 1.54. The zero-order valence-corrected chi connectivity index (χ0v) is 12.0. The van der Waals surface area contributed by atoms with Crippen LogP contribution in [-0.4, -0.2) is 42.3 Å². The van der Waals surface area contributed by atoms with Crippen LogP contribution in [0.4, 0.5) is 4.39 Å². The number of hydrogen-bond acceptors (Lipinski definition) is 4. The predicted molar refractivity (Wildman–Crippen MR) is 74.3 cm³/mol. The van der Waals surface area contributed by atoms with E-state index in [1.54, 1.807) is 6.92 Å². The molecule has 0 saturated carbocycles. The smallest absolute Gasteiger partial charge is 0.251 e. The van der Waals surface area contributed by atoms with Crippen LogP contribution in [0, 0.1) is 5.82 Å². The molecule has 0 heterocycles. The lowest BCUT2D eigenvalue weighted by Crippen LogP contribution is -2.42. The summed E-state index contributed by atoms with van der Waals surface area (Å²) >= 11 is 1.49. The standard InChI is InChI=1S/C13H18FNO3S/c1-13(17,8-19-3)7-15-12(16)9-4-5-11(18-2)10(14)6-9/h4-6,17H,7-8H2,1-3H3,(H,15,16)/t13-/m0/s1. The number of carbonyl (C=O) groups excluding carboxylic acids is 1. The fraction of sp³-hybridized carbons (Fsp3) is 0.462. The largest absolute Gasteiger partial charge is 0.494 e. The highest BCUT2D eigenvalue weighted by Gasteiger charge is 2.21. The van der Waals surface area contributed by atoms with Crippen LogP contribution < -0.4 is 10.1 Å². The summed E-state index contributed by atoms with van der Waals surface area (Å²) in [6.45, 7) is 1.75. The van der Waals surface area contributed by atoms with Gasteiger partial charge in [-0.3, -0.25) is 4.79 Å². The van der Waals surface area contributed by atoms with Crippen LogP contribution in [0.3, 0.4) is 0 Å². The van der Waals surface area contributed by atoms with E-state index < -0.39 is 17.3 Å². The van der Waals surface area contributed by atoms with Crippen molar-refractivity contribution in [2.45, 2.75) is 12.5 Å². The number of hydrogen-bond donors (Lipinski definition) is 2. The number of nitrogens with one attached hydrogen (secondary N) is 1. The van der Waals surface area contributed by atoms with E-state index in [-0.39, 0.29) is 17.9 Å². The van der Waals surface area contributed by atoms with Gasteiger partial charge in [-0.05, 0) is 31.4 Å². The Labute approximate surface area is 116 Å². The summed E-state index contributed by atoms with van der Waals surface area (Å²) in [4.78, 5) is 11.8. The van der Waals surface area contributed by atoms with Crippen LogP contribution in [0.2, 0.25) is 0 Å². The van der Waals surface area contributed by atoms with Gasteiger partial charge >= 0.3 is 0 Å². The Morgan fingerprint density at radius 1 is 1.58 bits per heavy atom. The lowest BCUT2D eigenvalue weighted by Gasteiger charge is -2.22. The van der Waals surface area contributed by atoms with Crippen molar-refractivity contribution in [2.75, 3.05) is 25.7 Å². The maximum atomic E-state index is 13.4. The van der Waals surface area contributed by atoms with E-state index in [4.69, 9.17) is 4.74 Å². The van der Waals surface area contributed by atoms with Crippen molar-refractivity contribution in [1.29, 1.82) is 0 Å². The van der Waals surface area contributed by atoms with Crippen LogP contribution in [-0.2, 0) is 0 Å². The van der Waals surface area contributed by atoms with E-state index in [2.05, 4.69) is 5.32 Å². The van der Waals surface area contributed by atoms with Crippen LogP contribution in [0.15, 0.2) is 18.2 Å². The molecule has 0 aromatic heterocycles. The van der Waals surface area contributed by atoms with Crippen LogP contribution in [0.1, 0.15) is 17.3 Å². The molecule has 1 atom stereocenters. The first-order valence-electron chi connectivity index (χ1n) is 5.72. The van der Waals surface area contributed by atoms with Crippen LogP contribution in [0.5, 0.6) is 5.75 Å². The summed E-state index contributed by atoms with van der Waals surface area (Å²) in [5, 5.41) is 12.5. The van der Waals surface area contributed by atoms with E-state index in [1.165, 1.54) is 31.0 Å². The minimum atomic E-state index is -0.986. The zero-order valence-electron chi connectivity index (χ0n) is 11.2. The number of halogens is 1. The van der Waals surface area contributed by atoms with Gasteiger partial charge in [-0.15, -0.1) is 0 Å². The number of rotatable bonds is 6. The Morgan fingerprint density at radius 3 is 2.79 bits per heavy atom. The Balaban J connectivity index is 2.66.